The number of fused-ring (bicyclic) bond motifs is 2. The quantitative estimate of drug-likeness (QED) is 0.867. The van der Waals surface area contributed by atoms with Gasteiger partial charge in [0.2, 0.25) is 0 Å². The van der Waals surface area contributed by atoms with E-state index >= 15 is 0 Å². The number of carbonyl (C=O) groups is 2. The number of benzene rings is 1. The van der Waals surface area contributed by atoms with E-state index in [-0.39, 0.29) is 23.3 Å². The fourth-order valence-corrected chi connectivity index (χ4v) is 4.12. The van der Waals surface area contributed by atoms with Gasteiger partial charge in [0.1, 0.15) is 5.69 Å². The van der Waals surface area contributed by atoms with Gasteiger partial charge in [-0.15, -0.1) is 0 Å². The number of nitrogens with zero attached hydrogens (tertiary/aromatic N) is 3. The molecule has 3 N–H and O–H groups in total. The van der Waals surface area contributed by atoms with Gasteiger partial charge in [-0.3, -0.25) is 9.59 Å². The first-order valence-electron chi connectivity index (χ1n) is 9.01. The number of amides is 2. The molecule has 2 saturated heterocycles. The Labute approximate surface area is 152 Å². The second-order valence-electron chi connectivity index (χ2n) is 7.21. The van der Waals surface area contributed by atoms with Crippen molar-refractivity contribution >= 4 is 11.8 Å². The van der Waals surface area contributed by atoms with Crippen LogP contribution in [0, 0.1) is 0 Å². The summed E-state index contributed by atoms with van der Waals surface area (Å²) in [4.78, 5) is 26.6. The summed E-state index contributed by atoms with van der Waals surface area (Å²) in [5.41, 5.74) is 6.65. The molecule has 2 aromatic rings. The third-order valence-electron chi connectivity index (χ3n) is 5.50. The zero-order valence-electron chi connectivity index (χ0n) is 14.8. The summed E-state index contributed by atoms with van der Waals surface area (Å²) >= 11 is 0. The summed E-state index contributed by atoms with van der Waals surface area (Å²) in [6.07, 6.45) is 4.27. The Bertz CT molecular complexity index is 820. The first-order chi connectivity index (χ1) is 12.5. The number of hydrogen-bond acceptors (Lipinski definition) is 4. The van der Waals surface area contributed by atoms with E-state index in [2.05, 4.69) is 10.4 Å². The first-order valence-corrected chi connectivity index (χ1v) is 9.01. The van der Waals surface area contributed by atoms with Gasteiger partial charge >= 0.3 is 0 Å². The molecule has 3 heterocycles. The van der Waals surface area contributed by atoms with Gasteiger partial charge in [-0.05, 0) is 37.8 Å². The van der Waals surface area contributed by atoms with Crippen molar-refractivity contribution < 1.29 is 9.59 Å². The fourth-order valence-electron chi connectivity index (χ4n) is 4.12. The van der Waals surface area contributed by atoms with E-state index in [1.165, 1.54) is 23.6 Å². The topological polar surface area (TPSA) is 93.2 Å². The van der Waals surface area contributed by atoms with E-state index in [1.54, 1.807) is 4.90 Å². The Kier molecular flexibility index (Phi) is 4.24. The Morgan fingerprint density at radius 2 is 1.85 bits per heavy atom. The molecule has 26 heavy (non-hydrogen) atoms. The maximum absolute atomic E-state index is 13.0. The standard InChI is InChI=1S/C19H23N5O2/c1-23(15-9-12-7-8-13(10-15)21-12)19(26)16-11-17(18(20)25)24(22-16)14-5-3-2-4-6-14/h2-6,11-13,15,21H,7-10H2,1H3,(H2,20,25). The van der Waals surface area contributed by atoms with Crippen molar-refractivity contribution in [1.29, 1.82) is 0 Å². The molecule has 0 spiro atoms. The Morgan fingerprint density at radius 3 is 2.46 bits per heavy atom. The molecule has 2 aliphatic heterocycles. The molecule has 0 saturated carbocycles. The number of nitrogens with two attached hydrogens (primary N) is 1. The van der Waals surface area contributed by atoms with Gasteiger partial charge in [0.25, 0.3) is 11.8 Å². The zero-order chi connectivity index (χ0) is 18.3. The molecule has 1 aromatic carbocycles. The summed E-state index contributed by atoms with van der Waals surface area (Å²) in [6.45, 7) is 0. The van der Waals surface area contributed by atoms with Crippen LogP contribution in [-0.2, 0) is 0 Å². The maximum Gasteiger partial charge on any atom is 0.274 e. The largest absolute Gasteiger partial charge is 0.364 e. The van der Waals surface area contributed by atoms with Crippen LogP contribution in [0.5, 0.6) is 0 Å². The van der Waals surface area contributed by atoms with Crippen LogP contribution in [-0.4, -0.2) is 51.7 Å². The lowest BCUT2D eigenvalue weighted by atomic mass is 9.98. The van der Waals surface area contributed by atoms with E-state index in [4.69, 9.17) is 5.73 Å². The van der Waals surface area contributed by atoms with E-state index in [9.17, 15) is 9.59 Å². The number of aromatic nitrogens is 2. The number of rotatable bonds is 4. The van der Waals surface area contributed by atoms with Crippen LogP contribution in [0.4, 0.5) is 0 Å². The Hall–Kier alpha value is -2.67. The summed E-state index contributed by atoms with van der Waals surface area (Å²) in [7, 11) is 1.82. The van der Waals surface area contributed by atoms with Crippen LogP contribution in [0.15, 0.2) is 36.4 Å². The predicted octanol–water partition coefficient (Wildman–Crippen LogP) is 1.33. The molecule has 2 bridgehead atoms. The number of nitrogens with one attached hydrogen (secondary N) is 1. The van der Waals surface area contributed by atoms with Crippen molar-refractivity contribution in [2.75, 3.05) is 7.05 Å². The van der Waals surface area contributed by atoms with E-state index in [1.807, 2.05) is 37.4 Å². The fraction of sp³-hybridized carbons (Fsp3) is 0.421. The van der Waals surface area contributed by atoms with Crippen molar-refractivity contribution in [1.82, 2.24) is 20.0 Å². The van der Waals surface area contributed by atoms with Crippen LogP contribution in [0.25, 0.3) is 5.69 Å². The van der Waals surface area contributed by atoms with Crippen LogP contribution in [0.3, 0.4) is 0 Å². The molecular weight excluding hydrogens is 330 g/mol. The van der Waals surface area contributed by atoms with Gasteiger partial charge in [0, 0.05) is 31.2 Å². The maximum atomic E-state index is 13.0. The average molecular weight is 353 g/mol. The normalized spacial score (nSPS) is 24.4. The SMILES string of the molecule is CN(C(=O)c1cc(C(N)=O)n(-c2ccccc2)n1)C1CC2CCC(C1)N2. The number of carbonyl (C=O) groups excluding carboxylic acids is 2. The van der Waals surface area contributed by atoms with Gasteiger partial charge in [0.05, 0.1) is 5.69 Å². The molecule has 2 aliphatic rings. The van der Waals surface area contributed by atoms with E-state index in [0.29, 0.717) is 17.8 Å². The monoisotopic (exact) mass is 353 g/mol. The van der Waals surface area contributed by atoms with Gasteiger partial charge < -0.3 is 16.0 Å². The molecule has 7 nitrogen and oxygen atoms in total. The number of primary amides is 1. The highest BCUT2D eigenvalue weighted by molar-refractivity contribution is 5.97. The summed E-state index contributed by atoms with van der Waals surface area (Å²) in [6, 6.07) is 11.9. The van der Waals surface area contributed by atoms with Crippen LogP contribution >= 0.6 is 0 Å². The lowest BCUT2D eigenvalue weighted by Crippen LogP contribution is -2.48. The molecule has 0 aliphatic carbocycles. The summed E-state index contributed by atoms with van der Waals surface area (Å²) in [5, 5.41) is 7.96. The molecule has 1 aromatic heterocycles. The Balaban J connectivity index is 1.61. The van der Waals surface area contributed by atoms with Crippen LogP contribution in [0.2, 0.25) is 0 Å². The molecule has 2 amide bonds. The minimum absolute atomic E-state index is 0.173. The average Bonchev–Trinajstić information content (AvgIpc) is 3.24. The van der Waals surface area contributed by atoms with Crippen molar-refractivity contribution in [3.8, 4) is 5.69 Å². The van der Waals surface area contributed by atoms with Gasteiger partial charge in [-0.2, -0.15) is 5.10 Å². The van der Waals surface area contributed by atoms with Crippen molar-refractivity contribution in [2.45, 2.75) is 43.8 Å². The van der Waals surface area contributed by atoms with Crippen LogP contribution in [0.1, 0.15) is 46.7 Å². The lowest BCUT2D eigenvalue weighted by Gasteiger charge is -2.35. The molecule has 7 heteroatoms. The third kappa shape index (κ3) is 2.99. The van der Waals surface area contributed by atoms with Crippen LogP contribution < -0.4 is 11.1 Å². The molecule has 2 unspecified atom stereocenters. The minimum atomic E-state index is -0.608. The van der Waals surface area contributed by atoms with Gasteiger partial charge in [-0.1, -0.05) is 18.2 Å². The molecule has 2 fully saturated rings. The van der Waals surface area contributed by atoms with Gasteiger partial charge in [0.15, 0.2) is 5.69 Å². The number of piperidine rings is 1. The third-order valence-corrected chi connectivity index (χ3v) is 5.50. The number of hydrogen-bond donors (Lipinski definition) is 2. The minimum Gasteiger partial charge on any atom is -0.364 e. The van der Waals surface area contributed by atoms with Crippen molar-refractivity contribution in [2.24, 2.45) is 5.73 Å². The van der Waals surface area contributed by atoms with E-state index in [0.717, 1.165) is 12.8 Å². The first kappa shape index (κ1) is 16.8. The second-order valence-corrected chi connectivity index (χ2v) is 7.21. The molecule has 0 radical (unpaired) electrons. The lowest BCUT2D eigenvalue weighted by molar-refractivity contribution is 0.0675. The number of para-hydroxylation sites is 1. The molecule has 2 atom stereocenters. The predicted molar refractivity (Wildman–Crippen MR) is 97.1 cm³/mol. The van der Waals surface area contributed by atoms with Gasteiger partial charge in [-0.25, -0.2) is 4.68 Å². The molecular formula is C19H23N5O2. The van der Waals surface area contributed by atoms with Crippen molar-refractivity contribution in [3.63, 3.8) is 0 Å². The van der Waals surface area contributed by atoms with E-state index < -0.39 is 5.91 Å². The molecule has 136 valence electrons. The van der Waals surface area contributed by atoms with Crippen molar-refractivity contribution in [3.05, 3.63) is 47.8 Å². The highest BCUT2D eigenvalue weighted by Crippen LogP contribution is 2.29. The zero-order valence-corrected chi connectivity index (χ0v) is 14.8. The Morgan fingerprint density at radius 1 is 1.19 bits per heavy atom. The summed E-state index contributed by atoms with van der Waals surface area (Å²) < 4.78 is 1.44. The highest BCUT2D eigenvalue weighted by Gasteiger charge is 2.37. The second kappa shape index (κ2) is 6.57. The highest BCUT2D eigenvalue weighted by atomic mass is 16.2. The summed E-state index contributed by atoms with van der Waals surface area (Å²) in [5.74, 6) is -0.781. The smallest absolute Gasteiger partial charge is 0.274 e. The molecule has 4 rings (SSSR count).